The van der Waals surface area contributed by atoms with Gasteiger partial charge in [0.2, 0.25) is 6.39 Å². The second kappa shape index (κ2) is 7.69. The highest BCUT2D eigenvalue weighted by atomic mass is 16.5. The van der Waals surface area contributed by atoms with Crippen molar-refractivity contribution >= 4 is 0 Å². The van der Waals surface area contributed by atoms with Crippen LogP contribution < -0.4 is 5.32 Å². The molecular weight excluding hydrogens is 238 g/mol. The van der Waals surface area contributed by atoms with Crippen molar-refractivity contribution < 1.29 is 4.52 Å². The van der Waals surface area contributed by atoms with Gasteiger partial charge in [0.1, 0.15) is 0 Å². The minimum atomic E-state index is 0.410. The first-order valence-electron chi connectivity index (χ1n) is 6.93. The SMILES string of the molecule is CCCCC(NCCc1ncon1)c1ccccc1. The Morgan fingerprint density at radius 1 is 1.26 bits per heavy atom. The molecule has 0 saturated carbocycles. The smallest absolute Gasteiger partial charge is 0.213 e. The van der Waals surface area contributed by atoms with Gasteiger partial charge in [0.05, 0.1) is 0 Å². The lowest BCUT2D eigenvalue weighted by Gasteiger charge is -2.18. The maximum atomic E-state index is 4.73. The summed E-state index contributed by atoms with van der Waals surface area (Å²) < 4.78 is 4.73. The van der Waals surface area contributed by atoms with Gasteiger partial charge in [-0.3, -0.25) is 0 Å². The molecule has 2 rings (SSSR count). The zero-order chi connectivity index (χ0) is 13.3. The highest BCUT2D eigenvalue weighted by Crippen LogP contribution is 2.18. The average molecular weight is 259 g/mol. The summed E-state index contributed by atoms with van der Waals surface area (Å²) in [5.74, 6) is 0.759. The van der Waals surface area contributed by atoms with E-state index in [4.69, 9.17) is 4.52 Å². The summed E-state index contributed by atoms with van der Waals surface area (Å²) in [4.78, 5) is 4.03. The van der Waals surface area contributed by atoms with Gasteiger partial charge in [0, 0.05) is 19.0 Å². The number of nitrogens with zero attached hydrogens (tertiary/aromatic N) is 2. The van der Waals surface area contributed by atoms with Crippen LogP contribution in [0.4, 0.5) is 0 Å². The fourth-order valence-corrected chi connectivity index (χ4v) is 2.14. The normalized spacial score (nSPS) is 12.5. The number of aromatic nitrogens is 2. The predicted octanol–water partition coefficient (Wildman–Crippen LogP) is 3.13. The van der Waals surface area contributed by atoms with Crippen molar-refractivity contribution in [3.63, 3.8) is 0 Å². The van der Waals surface area contributed by atoms with Crippen LogP contribution >= 0.6 is 0 Å². The van der Waals surface area contributed by atoms with Crippen LogP contribution in [0.3, 0.4) is 0 Å². The van der Waals surface area contributed by atoms with Crippen LogP contribution in [0.1, 0.15) is 43.6 Å². The van der Waals surface area contributed by atoms with Crippen molar-refractivity contribution in [3.8, 4) is 0 Å². The standard InChI is InChI=1S/C15H21N3O/c1-2-3-9-14(13-7-5-4-6-8-13)16-11-10-15-17-12-19-18-15/h4-8,12,14,16H,2-3,9-11H2,1H3. The minimum Gasteiger partial charge on any atom is -0.343 e. The van der Waals surface area contributed by atoms with Crippen molar-refractivity contribution in [2.75, 3.05) is 6.54 Å². The fraction of sp³-hybridized carbons (Fsp3) is 0.467. The van der Waals surface area contributed by atoms with Gasteiger partial charge in [-0.15, -0.1) is 0 Å². The highest BCUT2D eigenvalue weighted by Gasteiger charge is 2.10. The molecule has 1 heterocycles. The van der Waals surface area contributed by atoms with Crippen molar-refractivity contribution in [3.05, 3.63) is 48.1 Å². The Hall–Kier alpha value is -1.68. The fourth-order valence-electron chi connectivity index (χ4n) is 2.14. The van der Waals surface area contributed by atoms with Gasteiger partial charge in [-0.25, -0.2) is 0 Å². The van der Waals surface area contributed by atoms with Crippen molar-refractivity contribution in [2.45, 2.75) is 38.6 Å². The third kappa shape index (κ3) is 4.48. The van der Waals surface area contributed by atoms with Gasteiger partial charge in [0.25, 0.3) is 0 Å². The molecule has 0 saturated heterocycles. The molecule has 1 N–H and O–H groups in total. The Morgan fingerprint density at radius 3 is 2.79 bits per heavy atom. The molecule has 4 heteroatoms. The number of benzene rings is 1. The maximum absolute atomic E-state index is 4.73. The van der Waals surface area contributed by atoms with E-state index >= 15 is 0 Å². The largest absolute Gasteiger partial charge is 0.343 e. The Morgan fingerprint density at radius 2 is 2.11 bits per heavy atom. The van der Waals surface area contributed by atoms with Crippen molar-refractivity contribution in [1.29, 1.82) is 0 Å². The molecule has 0 amide bonds. The molecule has 1 atom stereocenters. The van der Waals surface area contributed by atoms with Gasteiger partial charge >= 0.3 is 0 Å². The molecule has 0 fully saturated rings. The Balaban J connectivity index is 1.87. The first-order chi connectivity index (χ1) is 9.40. The molecule has 1 unspecified atom stereocenters. The van der Waals surface area contributed by atoms with E-state index in [-0.39, 0.29) is 0 Å². The number of rotatable bonds is 8. The van der Waals surface area contributed by atoms with Gasteiger partial charge in [-0.2, -0.15) is 4.98 Å². The summed E-state index contributed by atoms with van der Waals surface area (Å²) in [5.41, 5.74) is 1.35. The van der Waals surface area contributed by atoms with Crippen molar-refractivity contribution in [2.24, 2.45) is 0 Å². The molecule has 0 aliphatic heterocycles. The van der Waals surface area contributed by atoms with Gasteiger partial charge in [0.15, 0.2) is 5.82 Å². The summed E-state index contributed by atoms with van der Waals surface area (Å²) in [6, 6.07) is 11.0. The lowest BCUT2D eigenvalue weighted by molar-refractivity contribution is 0.407. The lowest BCUT2D eigenvalue weighted by atomic mass is 10.0. The second-order valence-corrected chi connectivity index (χ2v) is 4.66. The van der Waals surface area contributed by atoms with Crippen LogP contribution in [0.15, 0.2) is 41.2 Å². The zero-order valence-electron chi connectivity index (χ0n) is 11.4. The average Bonchev–Trinajstić information content (AvgIpc) is 2.97. The number of hydrogen-bond donors (Lipinski definition) is 1. The van der Waals surface area contributed by atoms with Crippen LogP contribution in [0.25, 0.3) is 0 Å². The van der Waals surface area contributed by atoms with E-state index in [2.05, 4.69) is 52.7 Å². The molecule has 0 spiro atoms. The molecule has 19 heavy (non-hydrogen) atoms. The van der Waals surface area contributed by atoms with E-state index in [9.17, 15) is 0 Å². The maximum Gasteiger partial charge on any atom is 0.213 e. The van der Waals surface area contributed by atoms with Crippen LogP contribution in [0.5, 0.6) is 0 Å². The van der Waals surface area contributed by atoms with Gasteiger partial charge in [-0.05, 0) is 12.0 Å². The molecule has 0 bridgehead atoms. The van der Waals surface area contributed by atoms with Crippen LogP contribution in [0.2, 0.25) is 0 Å². The molecule has 4 nitrogen and oxygen atoms in total. The summed E-state index contributed by atoms with van der Waals surface area (Å²) in [6.07, 6.45) is 5.78. The Labute approximate surface area is 114 Å². The molecule has 0 aliphatic carbocycles. The molecule has 2 aromatic rings. The molecule has 0 aliphatic rings. The molecule has 1 aromatic heterocycles. The van der Waals surface area contributed by atoms with E-state index < -0.39 is 0 Å². The predicted molar refractivity (Wildman–Crippen MR) is 74.7 cm³/mol. The van der Waals surface area contributed by atoms with E-state index in [0.717, 1.165) is 25.2 Å². The monoisotopic (exact) mass is 259 g/mol. The van der Waals surface area contributed by atoms with E-state index in [1.165, 1.54) is 24.8 Å². The summed E-state index contributed by atoms with van der Waals surface area (Å²) >= 11 is 0. The van der Waals surface area contributed by atoms with Crippen LogP contribution in [0, 0.1) is 0 Å². The molecule has 1 aromatic carbocycles. The summed E-state index contributed by atoms with van der Waals surface area (Å²) in [7, 11) is 0. The summed E-state index contributed by atoms with van der Waals surface area (Å²) in [5, 5.41) is 7.41. The van der Waals surface area contributed by atoms with E-state index in [1.807, 2.05) is 0 Å². The van der Waals surface area contributed by atoms with E-state index in [0.29, 0.717) is 6.04 Å². The topological polar surface area (TPSA) is 51.0 Å². The second-order valence-electron chi connectivity index (χ2n) is 4.66. The van der Waals surface area contributed by atoms with E-state index in [1.54, 1.807) is 0 Å². The highest BCUT2D eigenvalue weighted by molar-refractivity contribution is 5.18. The Kier molecular flexibility index (Phi) is 5.56. The third-order valence-corrected chi connectivity index (χ3v) is 3.19. The van der Waals surface area contributed by atoms with Crippen LogP contribution in [-0.2, 0) is 6.42 Å². The van der Waals surface area contributed by atoms with Crippen LogP contribution in [-0.4, -0.2) is 16.7 Å². The quantitative estimate of drug-likeness (QED) is 0.791. The number of hydrogen-bond acceptors (Lipinski definition) is 4. The lowest BCUT2D eigenvalue weighted by Crippen LogP contribution is -2.24. The Bertz CT molecular complexity index is 442. The summed E-state index contributed by atoms with van der Waals surface area (Å²) in [6.45, 7) is 3.09. The zero-order valence-corrected chi connectivity index (χ0v) is 11.4. The third-order valence-electron chi connectivity index (χ3n) is 3.19. The minimum absolute atomic E-state index is 0.410. The van der Waals surface area contributed by atoms with Gasteiger partial charge in [-0.1, -0.05) is 55.3 Å². The van der Waals surface area contributed by atoms with Crippen molar-refractivity contribution in [1.82, 2.24) is 15.5 Å². The molecule has 102 valence electrons. The first kappa shape index (κ1) is 13.7. The molecule has 0 radical (unpaired) electrons. The number of nitrogens with one attached hydrogen (secondary N) is 1. The molecular formula is C15H21N3O. The number of unbranched alkanes of at least 4 members (excludes halogenated alkanes) is 1. The first-order valence-corrected chi connectivity index (χ1v) is 6.93. The van der Waals surface area contributed by atoms with Gasteiger partial charge < -0.3 is 9.84 Å².